The maximum atomic E-state index is 12.5. The highest BCUT2D eigenvalue weighted by Gasteiger charge is 2.38. The molecule has 0 aromatic heterocycles. The number of hydrogen-bond donors (Lipinski definition) is 2. The highest BCUT2D eigenvalue weighted by atomic mass is 32.2. The third kappa shape index (κ3) is 3.33. The standard InChI is InChI=1S/C13H19N3O4S/c1-3-14-10-5-6-11(16(17)18)12(9-10)21(19,20)15-13(2)7-4-8-13/h5-6,9,14-15H,3-4,7-8H2,1-2H3. The fraction of sp³-hybridized carbons (Fsp3) is 0.538. The SMILES string of the molecule is CCNc1ccc([N+](=O)[O-])c(S(=O)(=O)NC2(C)CCC2)c1. The lowest BCUT2D eigenvalue weighted by molar-refractivity contribution is -0.387. The van der Waals surface area contributed by atoms with E-state index in [0.717, 1.165) is 19.3 Å². The van der Waals surface area contributed by atoms with Gasteiger partial charge in [0.15, 0.2) is 4.90 Å². The first-order valence-electron chi connectivity index (χ1n) is 6.84. The molecular formula is C13H19N3O4S. The van der Waals surface area contributed by atoms with Gasteiger partial charge in [-0.2, -0.15) is 0 Å². The van der Waals surface area contributed by atoms with Crippen molar-refractivity contribution in [3.8, 4) is 0 Å². The van der Waals surface area contributed by atoms with Gasteiger partial charge in [0.25, 0.3) is 5.69 Å². The summed E-state index contributed by atoms with van der Waals surface area (Å²) >= 11 is 0. The Kier molecular flexibility index (Phi) is 4.20. The molecular weight excluding hydrogens is 294 g/mol. The molecule has 1 fully saturated rings. The minimum atomic E-state index is -3.93. The Morgan fingerprint density at radius 1 is 1.38 bits per heavy atom. The number of nitrogens with zero attached hydrogens (tertiary/aromatic N) is 1. The number of rotatable bonds is 6. The van der Waals surface area contributed by atoms with E-state index < -0.39 is 26.2 Å². The van der Waals surface area contributed by atoms with Crippen LogP contribution in [0.15, 0.2) is 23.1 Å². The van der Waals surface area contributed by atoms with Gasteiger partial charge in [-0.15, -0.1) is 0 Å². The fourth-order valence-electron chi connectivity index (χ4n) is 2.38. The second kappa shape index (κ2) is 5.61. The van der Waals surface area contributed by atoms with Gasteiger partial charge in [0, 0.05) is 23.8 Å². The van der Waals surface area contributed by atoms with Crippen molar-refractivity contribution in [3.63, 3.8) is 0 Å². The van der Waals surface area contributed by atoms with Crippen molar-refractivity contribution in [1.82, 2.24) is 4.72 Å². The summed E-state index contributed by atoms with van der Waals surface area (Å²) in [4.78, 5) is 10.1. The molecule has 1 saturated carbocycles. The quantitative estimate of drug-likeness (QED) is 0.619. The average Bonchev–Trinajstić information content (AvgIpc) is 2.36. The molecule has 2 N–H and O–H groups in total. The van der Waals surface area contributed by atoms with Gasteiger partial charge in [0.1, 0.15) is 0 Å². The van der Waals surface area contributed by atoms with E-state index >= 15 is 0 Å². The summed E-state index contributed by atoms with van der Waals surface area (Å²) < 4.78 is 27.5. The smallest absolute Gasteiger partial charge is 0.289 e. The van der Waals surface area contributed by atoms with Crippen LogP contribution in [0.4, 0.5) is 11.4 Å². The summed E-state index contributed by atoms with van der Waals surface area (Å²) in [6.45, 7) is 4.28. The van der Waals surface area contributed by atoms with Crippen LogP contribution >= 0.6 is 0 Å². The molecule has 1 aromatic carbocycles. The number of nitrogens with one attached hydrogen (secondary N) is 2. The van der Waals surface area contributed by atoms with Crippen molar-refractivity contribution < 1.29 is 13.3 Å². The molecule has 0 unspecified atom stereocenters. The molecule has 8 heteroatoms. The molecule has 0 spiro atoms. The normalized spacial score (nSPS) is 17.0. The molecule has 1 aromatic rings. The molecule has 1 aliphatic rings. The van der Waals surface area contributed by atoms with Gasteiger partial charge in [-0.25, -0.2) is 13.1 Å². The van der Waals surface area contributed by atoms with E-state index in [4.69, 9.17) is 0 Å². The number of nitro groups is 1. The van der Waals surface area contributed by atoms with Crippen molar-refractivity contribution in [2.24, 2.45) is 0 Å². The van der Waals surface area contributed by atoms with Crippen molar-refractivity contribution in [3.05, 3.63) is 28.3 Å². The van der Waals surface area contributed by atoms with E-state index in [1.807, 2.05) is 13.8 Å². The largest absolute Gasteiger partial charge is 0.385 e. The van der Waals surface area contributed by atoms with Gasteiger partial charge in [-0.3, -0.25) is 10.1 Å². The summed E-state index contributed by atoms with van der Waals surface area (Å²) in [5, 5.41) is 14.0. The van der Waals surface area contributed by atoms with E-state index in [1.54, 1.807) is 0 Å². The molecule has 0 heterocycles. The Morgan fingerprint density at radius 3 is 2.52 bits per heavy atom. The first-order chi connectivity index (χ1) is 9.77. The lowest BCUT2D eigenvalue weighted by atomic mass is 9.80. The van der Waals surface area contributed by atoms with Crippen molar-refractivity contribution in [1.29, 1.82) is 0 Å². The molecule has 0 amide bonds. The van der Waals surface area contributed by atoms with E-state index in [1.165, 1.54) is 18.2 Å². The van der Waals surface area contributed by atoms with Gasteiger partial charge in [-0.05, 0) is 45.2 Å². The van der Waals surface area contributed by atoms with Crippen molar-refractivity contribution in [2.75, 3.05) is 11.9 Å². The topological polar surface area (TPSA) is 101 Å². The zero-order chi connectivity index (χ0) is 15.7. The van der Waals surface area contributed by atoms with Crippen LogP contribution in [0.3, 0.4) is 0 Å². The Balaban J connectivity index is 2.43. The predicted molar refractivity (Wildman–Crippen MR) is 79.8 cm³/mol. The highest BCUT2D eigenvalue weighted by molar-refractivity contribution is 7.89. The minimum Gasteiger partial charge on any atom is -0.385 e. The van der Waals surface area contributed by atoms with E-state index in [-0.39, 0.29) is 4.90 Å². The summed E-state index contributed by atoms with van der Waals surface area (Å²) in [5.74, 6) is 0. The zero-order valence-corrected chi connectivity index (χ0v) is 12.9. The lowest BCUT2D eigenvalue weighted by Crippen LogP contribution is -2.50. The van der Waals surface area contributed by atoms with Crippen LogP contribution in [0.5, 0.6) is 0 Å². The molecule has 21 heavy (non-hydrogen) atoms. The van der Waals surface area contributed by atoms with Crippen molar-refractivity contribution in [2.45, 2.75) is 43.5 Å². The summed E-state index contributed by atoms with van der Waals surface area (Å²) in [5.41, 5.74) is -0.365. The van der Waals surface area contributed by atoms with Crippen LogP contribution in [0.1, 0.15) is 33.1 Å². The van der Waals surface area contributed by atoms with Gasteiger partial charge in [0.05, 0.1) is 4.92 Å². The van der Waals surface area contributed by atoms with Gasteiger partial charge < -0.3 is 5.32 Å². The maximum Gasteiger partial charge on any atom is 0.289 e. The third-order valence-electron chi connectivity index (χ3n) is 3.66. The Labute approximate surface area is 123 Å². The third-order valence-corrected chi connectivity index (χ3v) is 5.33. The van der Waals surface area contributed by atoms with E-state index in [0.29, 0.717) is 12.2 Å². The second-order valence-corrected chi connectivity index (χ2v) is 7.14. The van der Waals surface area contributed by atoms with E-state index in [9.17, 15) is 18.5 Å². The van der Waals surface area contributed by atoms with Crippen molar-refractivity contribution >= 4 is 21.4 Å². The predicted octanol–water partition coefficient (Wildman–Crippen LogP) is 2.25. The molecule has 0 radical (unpaired) electrons. The Bertz CT molecular complexity index is 653. The average molecular weight is 313 g/mol. The maximum absolute atomic E-state index is 12.5. The van der Waals surface area contributed by atoms with Crippen LogP contribution in [0.25, 0.3) is 0 Å². The summed E-state index contributed by atoms with van der Waals surface area (Å²) in [6.07, 6.45) is 2.44. The Hall–Kier alpha value is -1.67. The lowest BCUT2D eigenvalue weighted by Gasteiger charge is -2.38. The van der Waals surface area contributed by atoms with Crippen LogP contribution in [0.2, 0.25) is 0 Å². The monoisotopic (exact) mass is 313 g/mol. The number of nitro benzene ring substituents is 1. The van der Waals surface area contributed by atoms with Gasteiger partial charge in [0.2, 0.25) is 10.0 Å². The molecule has 7 nitrogen and oxygen atoms in total. The fourth-order valence-corrected chi connectivity index (χ4v) is 4.05. The van der Waals surface area contributed by atoms with Gasteiger partial charge in [-0.1, -0.05) is 0 Å². The van der Waals surface area contributed by atoms with Crippen LogP contribution in [0, 0.1) is 10.1 Å². The minimum absolute atomic E-state index is 0.293. The van der Waals surface area contributed by atoms with E-state index in [2.05, 4.69) is 10.0 Å². The molecule has 0 saturated heterocycles. The zero-order valence-electron chi connectivity index (χ0n) is 12.0. The molecule has 1 aliphatic carbocycles. The van der Waals surface area contributed by atoms with Crippen LogP contribution in [-0.4, -0.2) is 25.4 Å². The first kappa shape index (κ1) is 15.7. The van der Waals surface area contributed by atoms with Crippen LogP contribution < -0.4 is 10.0 Å². The number of benzene rings is 1. The van der Waals surface area contributed by atoms with Crippen LogP contribution in [-0.2, 0) is 10.0 Å². The summed E-state index contributed by atoms with van der Waals surface area (Å²) in [7, 11) is -3.93. The second-order valence-electron chi connectivity index (χ2n) is 5.49. The number of sulfonamides is 1. The molecule has 116 valence electrons. The molecule has 0 bridgehead atoms. The number of anilines is 1. The number of hydrogen-bond acceptors (Lipinski definition) is 5. The summed E-state index contributed by atoms with van der Waals surface area (Å²) in [6, 6.07) is 4.04. The Morgan fingerprint density at radius 2 is 2.05 bits per heavy atom. The molecule has 0 atom stereocenters. The molecule has 0 aliphatic heterocycles. The first-order valence-corrected chi connectivity index (χ1v) is 8.32. The highest BCUT2D eigenvalue weighted by Crippen LogP contribution is 2.34. The van der Waals surface area contributed by atoms with Gasteiger partial charge >= 0.3 is 0 Å². The molecule has 2 rings (SSSR count).